The Balaban J connectivity index is 1.82. The largest absolute Gasteiger partial charge is 0.299 e. The molecule has 0 saturated carbocycles. The van der Waals surface area contributed by atoms with Gasteiger partial charge in [0.2, 0.25) is 0 Å². The van der Waals surface area contributed by atoms with Crippen molar-refractivity contribution in [2.24, 2.45) is 0 Å². The van der Waals surface area contributed by atoms with Crippen molar-refractivity contribution in [2.75, 3.05) is 13.1 Å². The topological polar surface area (TPSA) is 25.4 Å². The van der Waals surface area contributed by atoms with Crippen LogP contribution in [0.3, 0.4) is 0 Å². The Morgan fingerprint density at radius 2 is 2.27 bits per heavy atom. The lowest BCUT2D eigenvalue weighted by Crippen LogP contribution is -2.35. The number of hydrogen-bond acceptors (Lipinski definition) is 3. The van der Waals surface area contributed by atoms with Crippen LogP contribution in [0.25, 0.3) is 0 Å². The molecule has 0 unspecified atom stereocenters. The minimum Gasteiger partial charge on any atom is -0.299 e. The van der Waals surface area contributed by atoms with Gasteiger partial charge in [-0.2, -0.15) is 0 Å². The van der Waals surface area contributed by atoms with Crippen LogP contribution in [0.1, 0.15) is 18.4 Å². The van der Waals surface area contributed by atoms with E-state index in [1.165, 1.54) is 5.56 Å². The number of halogens is 1. The third-order valence-corrected chi connectivity index (χ3v) is 3.04. The molecule has 0 atom stereocenters. The van der Waals surface area contributed by atoms with Gasteiger partial charge >= 0.3 is 0 Å². The normalized spacial score (nSPS) is 19.3. The molecule has 2 heterocycles. The number of hydrogen-bond donors (Lipinski definition) is 0. The van der Waals surface area contributed by atoms with Crippen molar-refractivity contribution >= 4 is 11.9 Å². The van der Waals surface area contributed by atoms with Crippen molar-refractivity contribution in [1.82, 2.24) is 9.88 Å². The summed E-state index contributed by atoms with van der Waals surface area (Å²) in [5, 5.41) is 0. The monoisotopic (exact) mass is 226 g/mol. The van der Waals surface area contributed by atoms with Crippen LogP contribution in [0.2, 0.25) is 0 Å². The van der Waals surface area contributed by atoms with E-state index >= 15 is 0 Å². The number of piperidine rings is 1. The molecule has 0 N–H and O–H groups in total. The zero-order valence-electron chi connectivity index (χ0n) is 8.60. The summed E-state index contributed by atoms with van der Waals surface area (Å²) in [6.45, 7) is 3.07. The number of pyridine rings is 1. The Morgan fingerprint density at radius 3 is 2.87 bits per heavy atom. The van der Waals surface area contributed by atoms with E-state index in [4.69, 9.17) is 16.2 Å². The maximum absolute atomic E-state index is 5.36. The van der Waals surface area contributed by atoms with E-state index in [2.05, 4.69) is 16.0 Å². The van der Waals surface area contributed by atoms with Crippen molar-refractivity contribution in [3.05, 3.63) is 30.1 Å². The van der Waals surface area contributed by atoms with E-state index in [-0.39, 0.29) is 6.10 Å². The highest BCUT2D eigenvalue weighted by Crippen LogP contribution is 2.16. The van der Waals surface area contributed by atoms with E-state index in [0.29, 0.717) is 0 Å². The van der Waals surface area contributed by atoms with Gasteiger partial charge in [0.25, 0.3) is 0 Å². The van der Waals surface area contributed by atoms with Crippen molar-refractivity contribution in [2.45, 2.75) is 25.5 Å². The zero-order valence-corrected chi connectivity index (χ0v) is 9.36. The predicted octanol–water partition coefficient (Wildman–Crippen LogP) is 2.22. The van der Waals surface area contributed by atoms with Gasteiger partial charge in [-0.05, 0) is 24.5 Å². The molecule has 0 amide bonds. The fraction of sp³-hybridized carbons (Fsp3) is 0.545. The first-order chi connectivity index (χ1) is 7.38. The lowest BCUT2D eigenvalue weighted by atomic mass is 10.1. The summed E-state index contributed by atoms with van der Waals surface area (Å²) in [6, 6.07) is 4.08. The molecule has 0 spiro atoms. The molecule has 82 valence electrons. The highest BCUT2D eigenvalue weighted by atomic mass is 35.5. The van der Waals surface area contributed by atoms with Crippen LogP contribution < -0.4 is 0 Å². The summed E-state index contributed by atoms with van der Waals surface area (Å²) in [5.74, 6) is 0. The second-order valence-corrected chi connectivity index (χ2v) is 4.10. The SMILES string of the molecule is ClOC1CCN(Cc2cccnc2)CC1. The third-order valence-electron chi connectivity index (χ3n) is 2.79. The fourth-order valence-corrected chi connectivity index (χ4v) is 2.08. The Kier molecular flexibility index (Phi) is 3.94. The molecular formula is C11H15ClN2O. The number of rotatable bonds is 3. The van der Waals surface area contributed by atoms with Gasteiger partial charge in [-0.25, -0.2) is 0 Å². The quantitative estimate of drug-likeness (QED) is 0.790. The van der Waals surface area contributed by atoms with Gasteiger partial charge in [-0.15, -0.1) is 0 Å². The Hall–Kier alpha value is -0.640. The summed E-state index contributed by atoms with van der Waals surface area (Å²) in [7, 11) is 0. The lowest BCUT2D eigenvalue weighted by molar-refractivity contribution is 0.105. The van der Waals surface area contributed by atoms with Crippen molar-refractivity contribution < 1.29 is 4.29 Å². The molecule has 0 bridgehead atoms. The summed E-state index contributed by atoms with van der Waals surface area (Å²) >= 11 is 5.36. The molecule has 1 saturated heterocycles. The Labute approximate surface area is 95.2 Å². The van der Waals surface area contributed by atoms with E-state index in [1.54, 1.807) is 6.20 Å². The first kappa shape index (κ1) is 10.9. The molecule has 0 aromatic carbocycles. The highest BCUT2D eigenvalue weighted by molar-refractivity contribution is 6.07. The second kappa shape index (κ2) is 5.45. The Bertz CT molecular complexity index is 286. The molecule has 1 fully saturated rings. The van der Waals surface area contributed by atoms with Crippen LogP contribution in [0.5, 0.6) is 0 Å². The molecule has 0 aliphatic carbocycles. The molecule has 4 heteroatoms. The maximum Gasteiger partial charge on any atom is 0.0815 e. The smallest absolute Gasteiger partial charge is 0.0815 e. The van der Waals surface area contributed by atoms with Gasteiger partial charge < -0.3 is 0 Å². The van der Waals surface area contributed by atoms with Crippen LogP contribution in [-0.2, 0) is 10.8 Å². The van der Waals surface area contributed by atoms with Crippen molar-refractivity contribution in [1.29, 1.82) is 0 Å². The molecule has 3 nitrogen and oxygen atoms in total. The molecule has 1 aromatic rings. The standard InChI is InChI=1S/C11H15ClN2O/c12-15-11-3-6-14(7-4-11)9-10-2-1-5-13-8-10/h1-2,5,8,11H,3-4,6-7,9H2. The van der Waals surface area contributed by atoms with E-state index in [9.17, 15) is 0 Å². The molecule has 2 rings (SSSR count). The summed E-state index contributed by atoms with van der Waals surface area (Å²) in [5.41, 5.74) is 1.27. The predicted molar refractivity (Wildman–Crippen MR) is 59.5 cm³/mol. The first-order valence-corrected chi connectivity index (χ1v) is 5.58. The van der Waals surface area contributed by atoms with Crippen LogP contribution in [0, 0.1) is 0 Å². The molecule has 0 radical (unpaired) electrons. The van der Waals surface area contributed by atoms with Gasteiger partial charge in [0.05, 0.1) is 18.0 Å². The Morgan fingerprint density at radius 1 is 1.47 bits per heavy atom. The van der Waals surface area contributed by atoms with Gasteiger partial charge in [-0.3, -0.25) is 14.2 Å². The summed E-state index contributed by atoms with van der Waals surface area (Å²) < 4.78 is 4.82. The average molecular weight is 227 g/mol. The molecule has 1 aromatic heterocycles. The molecule has 1 aliphatic rings. The summed E-state index contributed by atoms with van der Waals surface area (Å²) in [4.78, 5) is 6.51. The van der Waals surface area contributed by atoms with Crippen molar-refractivity contribution in [3.63, 3.8) is 0 Å². The minimum absolute atomic E-state index is 0.233. The number of nitrogens with zero attached hydrogens (tertiary/aromatic N) is 2. The zero-order chi connectivity index (χ0) is 10.5. The molecule has 15 heavy (non-hydrogen) atoms. The average Bonchev–Trinajstić information content (AvgIpc) is 2.31. The van der Waals surface area contributed by atoms with Crippen LogP contribution in [0.4, 0.5) is 0 Å². The third kappa shape index (κ3) is 3.16. The van der Waals surface area contributed by atoms with E-state index in [0.717, 1.165) is 32.5 Å². The van der Waals surface area contributed by atoms with Gasteiger partial charge in [-0.1, -0.05) is 6.07 Å². The summed E-state index contributed by atoms with van der Waals surface area (Å²) in [6.07, 6.45) is 5.99. The first-order valence-electron chi connectivity index (χ1n) is 5.27. The number of likely N-dealkylation sites (tertiary alicyclic amines) is 1. The minimum atomic E-state index is 0.233. The van der Waals surface area contributed by atoms with Crippen LogP contribution in [0.15, 0.2) is 24.5 Å². The fourth-order valence-electron chi connectivity index (χ4n) is 1.91. The second-order valence-electron chi connectivity index (χ2n) is 3.93. The lowest BCUT2D eigenvalue weighted by Gasteiger charge is -2.30. The van der Waals surface area contributed by atoms with Crippen LogP contribution >= 0.6 is 11.9 Å². The van der Waals surface area contributed by atoms with E-state index in [1.807, 2.05) is 12.3 Å². The maximum atomic E-state index is 5.36. The highest BCUT2D eigenvalue weighted by Gasteiger charge is 2.19. The van der Waals surface area contributed by atoms with E-state index < -0.39 is 0 Å². The van der Waals surface area contributed by atoms with Gasteiger partial charge in [0, 0.05) is 32.0 Å². The van der Waals surface area contributed by atoms with Gasteiger partial charge in [0.15, 0.2) is 0 Å². The van der Waals surface area contributed by atoms with Crippen LogP contribution in [-0.4, -0.2) is 29.1 Å². The molecular weight excluding hydrogens is 212 g/mol. The van der Waals surface area contributed by atoms with Gasteiger partial charge in [0.1, 0.15) is 0 Å². The number of aromatic nitrogens is 1. The molecule has 1 aliphatic heterocycles. The van der Waals surface area contributed by atoms with Crippen molar-refractivity contribution in [3.8, 4) is 0 Å².